The van der Waals surface area contributed by atoms with E-state index in [4.69, 9.17) is 5.11 Å². The number of carboxylic acid groups (broad SMARTS) is 1. The summed E-state index contributed by atoms with van der Waals surface area (Å²) in [5.41, 5.74) is 1.56. The maximum Gasteiger partial charge on any atom is 0.309 e. The van der Waals surface area contributed by atoms with Crippen LogP contribution in [-0.2, 0) is 11.3 Å². The maximum atomic E-state index is 10.5. The largest absolute Gasteiger partial charge is 0.481 e. The van der Waals surface area contributed by atoms with Crippen molar-refractivity contribution in [1.29, 1.82) is 0 Å². The van der Waals surface area contributed by atoms with Gasteiger partial charge in [-0.2, -0.15) is 9.61 Å². The number of fused-ring (bicyclic) bond motifs is 1. The topological polar surface area (TPSA) is 84.3 Å². The Kier molecular flexibility index (Phi) is 3.08. The molecule has 0 aliphatic rings. The molecule has 3 aromatic heterocycles. The van der Waals surface area contributed by atoms with E-state index < -0.39 is 5.97 Å². The van der Waals surface area contributed by atoms with Crippen molar-refractivity contribution >= 4 is 11.6 Å². The number of pyridine rings is 1. The summed E-state index contributed by atoms with van der Waals surface area (Å²) in [5, 5.41) is 21.0. The van der Waals surface area contributed by atoms with Gasteiger partial charge in [-0.05, 0) is 12.1 Å². The monoisotopic (exact) mass is 270 g/mol. The predicted molar refractivity (Wildman–Crippen MR) is 68.7 cm³/mol. The zero-order valence-corrected chi connectivity index (χ0v) is 10.5. The fourth-order valence-electron chi connectivity index (χ4n) is 1.90. The molecular weight excluding hydrogens is 258 g/mol. The van der Waals surface area contributed by atoms with Gasteiger partial charge >= 0.3 is 5.97 Å². The summed E-state index contributed by atoms with van der Waals surface area (Å²) in [7, 11) is 0. The molecule has 0 unspecified atom stereocenters. The average molecular weight is 270 g/mol. The predicted octanol–water partition coefficient (Wildman–Crippen LogP) is 0.553. The van der Waals surface area contributed by atoms with Crippen LogP contribution in [-0.4, -0.2) is 30.9 Å². The third-order valence-corrected chi connectivity index (χ3v) is 2.91. The van der Waals surface area contributed by atoms with Crippen molar-refractivity contribution in [3.63, 3.8) is 0 Å². The van der Waals surface area contributed by atoms with Crippen LogP contribution in [0.1, 0.15) is 6.42 Å². The molecule has 0 spiro atoms. The summed E-state index contributed by atoms with van der Waals surface area (Å²) in [6.07, 6.45) is 5.42. The minimum Gasteiger partial charge on any atom is -0.481 e. The number of hydrogen-bond donors (Lipinski definition) is 1. The molecule has 0 saturated heterocycles. The van der Waals surface area contributed by atoms with E-state index in [1.807, 2.05) is 35.2 Å². The molecule has 0 bridgehead atoms. The van der Waals surface area contributed by atoms with Gasteiger partial charge in [0.2, 0.25) is 0 Å². The van der Waals surface area contributed by atoms with Gasteiger partial charge in [-0.1, -0.05) is 0 Å². The number of aliphatic carboxylic acids is 1. The van der Waals surface area contributed by atoms with Gasteiger partial charge in [0.05, 0.1) is 0 Å². The Morgan fingerprint density at radius 2 is 2.05 bits per heavy atom. The number of aryl methyl sites for hydroxylation is 1. The van der Waals surface area contributed by atoms with Gasteiger partial charge in [0.15, 0.2) is 30.4 Å². The fourth-order valence-corrected chi connectivity index (χ4v) is 1.90. The number of rotatable bonds is 4. The first-order chi connectivity index (χ1) is 9.74. The van der Waals surface area contributed by atoms with E-state index in [0.717, 1.165) is 5.56 Å². The van der Waals surface area contributed by atoms with Gasteiger partial charge in [0.25, 0.3) is 0 Å². The molecule has 0 saturated carbocycles. The Morgan fingerprint density at radius 3 is 2.80 bits per heavy atom. The van der Waals surface area contributed by atoms with Crippen molar-refractivity contribution in [3.8, 4) is 11.4 Å². The van der Waals surface area contributed by atoms with Crippen LogP contribution in [0.4, 0.5) is 0 Å². The van der Waals surface area contributed by atoms with Crippen LogP contribution < -0.4 is 4.57 Å². The number of aromatic nitrogens is 5. The quantitative estimate of drug-likeness (QED) is 0.700. The zero-order valence-electron chi connectivity index (χ0n) is 10.5. The molecule has 0 amide bonds. The lowest BCUT2D eigenvalue weighted by Crippen LogP contribution is -2.33. The molecule has 1 N–H and O–H groups in total. The molecule has 0 aliphatic carbocycles. The first-order valence-corrected chi connectivity index (χ1v) is 6.12. The molecule has 0 aliphatic heterocycles. The van der Waals surface area contributed by atoms with Crippen molar-refractivity contribution < 1.29 is 14.5 Å². The number of hydrogen-bond acceptors (Lipinski definition) is 4. The number of carbonyl (C=O) groups is 1. The van der Waals surface area contributed by atoms with Crippen molar-refractivity contribution in [2.75, 3.05) is 0 Å². The Balaban J connectivity index is 1.89. The molecule has 7 nitrogen and oxygen atoms in total. The van der Waals surface area contributed by atoms with Gasteiger partial charge in [0.1, 0.15) is 6.42 Å². The third-order valence-electron chi connectivity index (χ3n) is 2.91. The van der Waals surface area contributed by atoms with Gasteiger partial charge in [-0.3, -0.25) is 4.79 Å². The second kappa shape index (κ2) is 5.04. The highest BCUT2D eigenvalue weighted by atomic mass is 16.4. The van der Waals surface area contributed by atoms with Crippen LogP contribution >= 0.6 is 0 Å². The molecule has 100 valence electrons. The van der Waals surface area contributed by atoms with E-state index in [9.17, 15) is 4.79 Å². The summed E-state index contributed by atoms with van der Waals surface area (Å²) < 4.78 is 3.48. The Bertz CT molecular complexity index is 751. The van der Waals surface area contributed by atoms with Crippen LogP contribution in [0.5, 0.6) is 0 Å². The molecular formula is C13H12N5O2+. The SMILES string of the molecule is O=C(O)CC[n+]1ccc(-c2nnc3cccnn23)cc1. The van der Waals surface area contributed by atoms with Crippen molar-refractivity contribution in [2.24, 2.45) is 0 Å². The van der Waals surface area contributed by atoms with Crippen LogP contribution in [0.25, 0.3) is 17.0 Å². The molecule has 3 rings (SSSR count). The van der Waals surface area contributed by atoms with Crippen LogP contribution in [0, 0.1) is 0 Å². The molecule has 3 heterocycles. The minimum absolute atomic E-state index is 0.0967. The standard InChI is InChI=1S/C13H11N5O2/c19-12(20)5-9-17-7-3-10(4-8-17)13-16-15-11-2-1-6-14-18(11)13/h1-4,6-8H,5,9H2/p+1. The van der Waals surface area contributed by atoms with Crippen molar-refractivity contribution in [2.45, 2.75) is 13.0 Å². The Hall–Kier alpha value is -2.83. The number of nitrogens with zero attached hydrogens (tertiary/aromatic N) is 5. The second-order valence-electron chi connectivity index (χ2n) is 4.29. The smallest absolute Gasteiger partial charge is 0.309 e. The lowest BCUT2D eigenvalue weighted by Gasteiger charge is -1.98. The molecule has 0 atom stereocenters. The summed E-state index contributed by atoms with van der Waals surface area (Å²) in [6, 6.07) is 7.37. The normalized spacial score (nSPS) is 10.8. The molecule has 0 aromatic carbocycles. The Labute approximate surface area is 114 Å². The summed E-state index contributed by atoms with van der Waals surface area (Å²) >= 11 is 0. The van der Waals surface area contributed by atoms with E-state index in [1.54, 1.807) is 16.8 Å². The average Bonchev–Trinajstić information content (AvgIpc) is 2.89. The molecule has 0 radical (unpaired) electrons. The van der Waals surface area contributed by atoms with Gasteiger partial charge < -0.3 is 5.11 Å². The van der Waals surface area contributed by atoms with E-state index in [2.05, 4.69) is 15.3 Å². The van der Waals surface area contributed by atoms with Crippen molar-refractivity contribution in [3.05, 3.63) is 42.9 Å². The molecule has 3 aromatic rings. The lowest BCUT2D eigenvalue weighted by molar-refractivity contribution is -0.695. The molecule has 0 fully saturated rings. The Morgan fingerprint density at radius 1 is 1.25 bits per heavy atom. The molecule has 20 heavy (non-hydrogen) atoms. The lowest BCUT2D eigenvalue weighted by atomic mass is 10.2. The van der Waals surface area contributed by atoms with E-state index in [-0.39, 0.29) is 6.42 Å². The second-order valence-corrected chi connectivity index (χ2v) is 4.29. The van der Waals surface area contributed by atoms with Gasteiger partial charge in [-0.15, -0.1) is 10.2 Å². The minimum atomic E-state index is -0.811. The highest BCUT2D eigenvalue weighted by Crippen LogP contribution is 2.15. The van der Waals surface area contributed by atoms with Crippen LogP contribution in [0.2, 0.25) is 0 Å². The van der Waals surface area contributed by atoms with Gasteiger partial charge in [-0.25, -0.2) is 4.57 Å². The fraction of sp³-hybridized carbons (Fsp3) is 0.154. The van der Waals surface area contributed by atoms with E-state index >= 15 is 0 Å². The van der Waals surface area contributed by atoms with Crippen LogP contribution in [0.3, 0.4) is 0 Å². The van der Waals surface area contributed by atoms with Gasteiger partial charge in [0, 0.05) is 23.9 Å². The van der Waals surface area contributed by atoms with Crippen molar-refractivity contribution in [1.82, 2.24) is 19.8 Å². The maximum absolute atomic E-state index is 10.5. The summed E-state index contributed by atoms with van der Waals surface area (Å²) in [6.45, 7) is 0.439. The summed E-state index contributed by atoms with van der Waals surface area (Å²) in [5.74, 6) is -0.153. The van der Waals surface area contributed by atoms with E-state index in [0.29, 0.717) is 18.0 Å². The summed E-state index contributed by atoms with van der Waals surface area (Å²) in [4.78, 5) is 10.5. The first-order valence-electron chi connectivity index (χ1n) is 6.12. The highest BCUT2D eigenvalue weighted by Gasteiger charge is 2.11. The first kappa shape index (κ1) is 12.2. The third kappa shape index (κ3) is 2.33. The van der Waals surface area contributed by atoms with E-state index in [1.165, 1.54) is 0 Å². The zero-order chi connectivity index (χ0) is 13.9. The van der Waals surface area contributed by atoms with Crippen LogP contribution in [0.15, 0.2) is 42.9 Å². The number of carboxylic acids is 1. The highest BCUT2D eigenvalue weighted by molar-refractivity contribution is 5.66. The molecule has 7 heteroatoms.